The van der Waals surface area contributed by atoms with E-state index in [9.17, 15) is 0 Å². The number of nitrogen functional groups attached to an aromatic ring is 1. The molecular weight excluding hydrogens is 384 g/mol. The van der Waals surface area contributed by atoms with Crippen LogP contribution in [0.2, 0.25) is 5.02 Å². The Morgan fingerprint density at radius 2 is 2.07 bits per heavy atom. The highest BCUT2D eigenvalue weighted by Crippen LogP contribution is 2.31. The normalized spacial score (nSPS) is 15.1. The monoisotopic (exact) mass is 400 g/mol. The first kappa shape index (κ1) is 16.7. The highest BCUT2D eigenvalue weighted by atomic mass is 35.5. The molecule has 1 aliphatic heterocycles. The van der Waals surface area contributed by atoms with E-state index in [2.05, 4.69) is 20.9 Å². The Morgan fingerprint density at radius 3 is 2.93 bits per heavy atom. The van der Waals surface area contributed by atoms with Crippen LogP contribution in [0, 0.1) is 0 Å². The van der Waals surface area contributed by atoms with Gasteiger partial charge in [-0.1, -0.05) is 22.9 Å². The second-order valence-electron chi connectivity index (χ2n) is 6.46. The van der Waals surface area contributed by atoms with Crippen LogP contribution in [0.4, 0.5) is 10.9 Å². The topological polar surface area (TPSA) is 81.6 Å². The number of hydrogen-bond donors (Lipinski definition) is 1. The Labute approximate surface area is 164 Å². The average Bonchev–Trinajstić information content (AvgIpc) is 3.25. The van der Waals surface area contributed by atoms with Gasteiger partial charge in [-0.05, 0) is 29.8 Å². The van der Waals surface area contributed by atoms with Crippen LogP contribution in [-0.2, 0) is 11.2 Å². The molecule has 4 heterocycles. The van der Waals surface area contributed by atoms with Crippen molar-refractivity contribution in [1.29, 1.82) is 0 Å². The quantitative estimate of drug-likeness (QED) is 0.569. The molecule has 0 aliphatic carbocycles. The second kappa shape index (κ2) is 6.63. The van der Waals surface area contributed by atoms with Crippen LogP contribution in [0.25, 0.3) is 15.9 Å². The number of benzene rings is 1. The molecule has 0 amide bonds. The minimum atomic E-state index is 0.524. The third-order valence-corrected chi connectivity index (χ3v) is 5.78. The minimum absolute atomic E-state index is 0.524. The van der Waals surface area contributed by atoms with Gasteiger partial charge in [-0.2, -0.15) is 0 Å². The second-order valence-corrected chi connectivity index (χ2v) is 7.93. The number of imidazole rings is 1. The summed E-state index contributed by atoms with van der Waals surface area (Å²) in [6, 6.07) is 8.04. The van der Waals surface area contributed by atoms with E-state index in [0.717, 1.165) is 59.2 Å². The van der Waals surface area contributed by atoms with Gasteiger partial charge < -0.3 is 15.4 Å². The summed E-state index contributed by atoms with van der Waals surface area (Å²) in [6.45, 7) is 3.16. The van der Waals surface area contributed by atoms with E-state index in [4.69, 9.17) is 27.2 Å². The van der Waals surface area contributed by atoms with Gasteiger partial charge in [0.15, 0.2) is 10.8 Å². The molecule has 1 fully saturated rings. The zero-order valence-electron chi connectivity index (χ0n) is 14.4. The number of nitrogens with zero attached hydrogens (tertiary/aromatic N) is 5. The summed E-state index contributed by atoms with van der Waals surface area (Å²) < 4.78 is 8.33. The molecule has 4 aromatic rings. The van der Waals surface area contributed by atoms with E-state index >= 15 is 0 Å². The standard InChI is InChI=1S/C18H17ClN6OS/c19-13-8-11(9-14-17(13)22-18(20)27-14)7-12-10-21-15-1-2-16(23-25(12)15)24-3-5-26-6-4-24/h1-2,8-10H,3-7H2,(H2,20,22). The van der Waals surface area contributed by atoms with Crippen LogP contribution in [-0.4, -0.2) is 45.9 Å². The highest BCUT2D eigenvalue weighted by Gasteiger charge is 2.15. The molecule has 9 heteroatoms. The maximum atomic E-state index is 6.39. The van der Waals surface area contributed by atoms with Crippen LogP contribution in [0.3, 0.4) is 0 Å². The van der Waals surface area contributed by atoms with Crippen LogP contribution >= 0.6 is 22.9 Å². The van der Waals surface area contributed by atoms with Crippen molar-refractivity contribution in [2.45, 2.75) is 6.42 Å². The Bertz CT molecular complexity index is 1130. The van der Waals surface area contributed by atoms with E-state index < -0.39 is 0 Å². The van der Waals surface area contributed by atoms with E-state index in [1.807, 2.05) is 28.9 Å². The van der Waals surface area contributed by atoms with Gasteiger partial charge in [0.1, 0.15) is 11.3 Å². The van der Waals surface area contributed by atoms with Crippen molar-refractivity contribution in [1.82, 2.24) is 19.6 Å². The maximum Gasteiger partial charge on any atom is 0.181 e. The third kappa shape index (κ3) is 3.09. The van der Waals surface area contributed by atoms with Crippen LogP contribution < -0.4 is 10.6 Å². The van der Waals surface area contributed by atoms with Gasteiger partial charge in [0.25, 0.3) is 0 Å². The Hall–Kier alpha value is -2.42. The number of hydrogen-bond acceptors (Lipinski definition) is 7. The zero-order valence-corrected chi connectivity index (χ0v) is 16.0. The molecule has 7 nitrogen and oxygen atoms in total. The lowest BCUT2D eigenvalue weighted by Gasteiger charge is -2.27. The van der Waals surface area contributed by atoms with E-state index in [-0.39, 0.29) is 0 Å². The number of nitrogens with two attached hydrogens (primary N) is 1. The number of aromatic nitrogens is 4. The van der Waals surface area contributed by atoms with Gasteiger partial charge in [0, 0.05) is 19.5 Å². The Balaban J connectivity index is 1.51. The van der Waals surface area contributed by atoms with Crippen LogP contribution in [0.1, 0.15) is 11.3 Å². The van der Waals surface area contributed by atoms with Crippen molar-refractivity contribution in [2.24, 2.45) is 0 Å². The summed E-state index contributed by atoms with van der Waals surface area (Å²) in [5.74, 6) is 0.939. The first-order valence-electron chi connectivity index (χ1n) is 8.68. The van der Waals surface area contributed by atoms with Crippen molar-refractivity contribution in [3.63, 3.8) is 0 Å². The van der Waals surface area contributed by atoms with Crippen molar-refractivity contribution in [3.05, 3.63) is 46.7 Å². The smallest absolute Gasteiger partial charge is 0.181 e. The number of thiazole rings is 1. The lowest BCUT2D eigenvalue weighted by molar-refractivity contribution is 0.122. The molecule has 0 radical (unpaired) electrons. The van der Waals surface area contributed by atoms with Crippen LogP contribution in [0.5, 0.6) is 0 Å². The number of morpholine rings is 1. The summed E-state index contributed by atoms with van der Waals surface area (Å²) in [7, 11) is 0. The minimum Gasteiger partial charge on any atom is -0.378 e. The molecule has 27 heavy (non-hydrogen) atoms. The summed E-state index contributed by atoms with van der Waals surface area (Å²) in [5.41, 5.74) is 9.49. The average molecular weight is 401 g/mol. The molecule has 5 rings (SSSR count). The fraction of sp³-hybridized carbons (Fsp3) is 0.278. The number of halogens is 1. The molecule has 0 atom stereocenters. The summed E-state index contributed by atoms with van der Waals surface area (Å²) in [4.78, 5) is 11.0. The van der Waals surface area contributed by atoms with Gasteiger partial charge in [0.2, 0.25) is 0 Å². The SMILES string of the molecule is Nc1nc2c(Cl)cc(Cc3cnc4ccc(N5CCOCC5)nn34)cc2s1. The first-order chi connectivity index (χ1) is 13.2. The molecule has 138 valence electrons. The largest absolute Gasteiger partial charge is 0.378 e. The molecule has 1 aromatic carbocycles. The molecule has 1 saturated heterocycles. The highest BCUT2D eigenvalue weighted by molar-refractivity contribution is 7.22. The molecule has 1 aliphatic rings. The number of fused-ring (bicyclic) bond motifs is 2. The summed E-state index contributed by atoms with van der Waals surface area (Å²) in [5, 5.41) is 5.95. The van der Waals surface area contributed by atoms with Crippen molar-refractivity contribution in [3.8, 4) is 0 Å². The van der Waals surface area contributed by atoms with Gasteiger partial charge in [-0.3, -0.25) is 0 Å². The summed E-state index contributed by atoms with van der Waals surface area (Å²) >= 11 is 7.84. The number of anilines is 2. The molecule has 3 aromatic heterocycles. The van der Waals surface area contributed by atoms with Gasteiger partial charge >= 0.3 is 0 Å². The molecule has 0 unspecified atom stereocenters. The molecule has 0 bridgehead atoms. The molecule has 0 spiro atoms. The fourth-order valence-electron chi connectivity index (χ4n) is 3.36. The van der Waals surface area contributed by atoms with Crippen LogP contribution in [0.15, 0.2) is 30.5 Å². The molecule has 2 N–H and O–H groups in total. The van der Waals surface area contributed by atoms with Gasteiger partial charge in [0.05, 0.1) is 34.8 Å². The number of ether oxygens (including phenoxy) is 1. The maximum absolute atomic E-state index is 6.39. The summed E-state index contributed by atoms with van der Waals surface area (Å²) in [6.07, 6.45) is 2.54. The van der Waals surface area contributed by atoms with Crippen molar-refractivity contribution in [2.75, 3.05) is 36.9 Å². The predicted octanol–water partition coefficient (Wildman–Crippen LogP) is 3.00. The van der Waals surface area contributed by atoms with Gasteiger partial charge in [-0.15, -0.1) is 5.10 Å². The van der Waals surface area contributed by atoms with Crippen molar-refractivity contribution >= 4 is 49.8 Å². The van der Waals surface area contributed by atoms with Crippen molar-refractivity contribution < 1.29 is 4.74 Å². The first-order valence-corrected chi connectivity index (χ1v) is 9.87. The third-order valence-electron chi connectivity index (χ3n) is 4.66. The Kier molecular flexibility index (Phi) is 4.11. The lowest BCUT2D eigenvalue weighted by Crippen LogP contribution is -2.37. The lowest BCUT2D eigenvalue weighted by atomic mass is 10.1. The molecule has 0 saturated carbocycles. The fourth-order valence-corrected chi connectivity index (χ4v) is 4.53. The van der Waals surface area contributed by atoms with Gasteiger partial charge in [-0.25, -0.2) is 14.5 Å². The zero-order chi connectivity index (χ0) is 18.4. The van der Waals surface area contributed by atoms with E-state index in [1.54, 1.807) is 0 Å². The van der Waals surface area contributed by atoms with E-state index in [0.29, 0.717) is 16.6 Å². The predicted molar refractivity (Wildman–Crippen MR) is 108 cm³/mol. The molecular formula is C18H17ClN6OS. The van der Waals surface area contributed by atoms with E-state index in [1.165, 1.54) is 11.3 Å². The Morgan fingerprint density at radius 1 is 1.22 bits per heavy atom. The number of rotatable bonds is 3.